The predicted molar refractivity (Wildman–Crippen MR) is 77.3 cm³/mol. The third kappa shape index (κ3) is 3.54. The van der Waals surface area contributed by atoms with Crippen molar-refractivity contribution in [2.45, 2.75) is 13.3 Å². The molecule has 0 radical (unpaired) electrons. The van der Waals surface area contributed by atoms with Crippen LogP contribution in [-0.2, 0) is 18.1 Å². The zero-order valence-corrected chi connectivity index (χ0v) is 12.6. The first kappa shape index (κ1) is 13.5. The Morgan fingerprint density at radius 1 is 1.17 bits per heavy atom. The Morgan fingerprint density at radius 3 is 2.61 bits per heavy atom. The van der Waals surface area contributed by atoms with E-state index in [9.17, 15) is 4.79 Å². The molecule has 5 heteroatoms. The minimum atomic E-state index is -0.105. The van der Waals surface area contributed by atoms with E-state index in [1.54, 1.807) is 12.3 Å². The maximum atomic E-state index is 11.8. The summed E-state index contributed by atoms with van der Waals surface area (Å²) in [6.45, 7) is 0.711. The van der Waals surface area contributed by atoms with Crippen LogP contribution >= 0.6 is 31.9 Å². The highest BCUT2D eigenvalue weighted by atomic mass is 79.9. The molecular weight excluding hydrogens is 362 g/mol. The van der Waals surface area contributed by atoms with Gasteiger partial charge in [0.1, 0.15) is 6.73 Å². The van der Waals surface area contributed by atoms with Crippen LogP contribution in [0.3, 0.4) is 0 Å². The number of benzene rings is 1. The molecule has 0 aliphatic heterocycles. The second kappa shape index (κ2) is 6.31. The summed E-state index contributed by atoms with van der Waals surface area (Å²) in [5.74, 6) is 0. The lowest BCUT2D eigenvalue weighted by atomic mass is 10.2. The van der Waals surface area contributed by atoms with E-state index in [0.717, 1.165) is 10.0 Å². The van der Waals surface area contributed by atoms with E-state index in [1.807, 2.05) is 30.3 Å². The van der Waals surface area contributed by atoms with Gasteiger partial charge in [-0.05, 0) is 43.5 Å². The first-order valence-corrected chi connectivity index (χ1v) is 6.92. The van der Waals surface area contributed by atoms with Gasteiger partial charge in [0.25, 0.3) is 5.56 Å². The van der Waals surface area contributed by atoms with Crippen LogP contribution in [-0.4, -0.2) is 4.57 Å². The summed E-state index contributed by atoms with van der Waals surface area (Å²) in [6.07, 6.45) is 1.71. The second-order valence-electron chi connectivity index (χ2n) is 3.74. The van der Waals surface area contributed by atoms with Crippen molar-refractivity contribution < 1.29 is 4.74 Å². The Hall–Kier alpha value is -0.910. The van der Waals surface area contributed by atoms with Gasteiger partial charge in [0.15, 0.2) is 0 Å². The van der Waals surface area contributed by atoms with E-state index in [4.69, 9.17) is 4.74 Å². The Balaban J connectivity index is 2.01. The number of rotatable bonds is 4. The van der Waals surface area contributed by atoms with Gasteiger partial charge in [-0.2, -0.15) is 0 Å². The molecule has 2 aromatic rings. The minimum absolute atomic E-state index is 0.105. The Bertz CT molecular complexity index is 581. The van der Waals surface area contributed by atoms with Crippen molar-refractivity contribution in [2.75, 3.05) is 0 Å². The van der Waals surface area contributed by atoms with Crippen molar-refractivity contribution in [2.24, 2.45) is 0 Å². The molecule has 18 heavy (non-hydrogen) atoms. The standard InChI is InChI=1S/C13H11Br2NO2/c14-11-6-12(15)13(17)16(7-11)9-18-8-10-4-2-1-3-5-10/h1-7H,8-9H2. The topological polar surface area (TPSA) is 31.2 Å². The Labute approximate surface area is 122 Å². The van der Waals surface area contributed by atoms with Crippen LogP contribution in [0.5, 0.6) is 0 Å². The molecule has 1 heterocycles. The molecule has 0 bridgehead atoms. The molecule has 1 aromatic heterocycles. The SMILES string of the molecule is O=c1c(Br)cc(Br)cn1COCc1ccccc1. The number of aromatic nitrogens is 1. The van der Waals surface area contributed by atoms with E-state index in [-0.39, 0.29) is 12.3 Å². The minimum Gasteiger partial charge on any atom is -0.356 e. The average molecular weight is 373 g/mol. The molecular formula is C13H11Br2NO2. The van der Waals surface area contributed by atoms with Crippen LogP contribution in [0.2, 0.25) is 0 Å². The van der Waals surface area contributed by atoms with Gasteiger partial charge in [-0.1, -0.05) is 30.3 Å². The monoisotopic (exact) mass is 371 g/mol. The smallest absolute Gasteiger partial charge is 0.266 e. The lowest BCUT2D eigenvalue weighted by Crippen LogP contribution is -2.21. The quantitative estimate of drug-likeness (QED) is 0.821. The number of pyridine rings is 1. The van der Waals surface area contributed by atoms with Crippen molar-refractivity contribution in [1.82, 2.24) is 4.57 Å². The highest BCUT2D eigenvalue weighted by Crippen LogP contribution is 2.13. The maximum Gasteiger partial charge on any atom is 0.266 e. The van der Waals surface area contributed by atoms with Crippen LogP contribution in [0, 0.1) is 0 Å². The van der Waals surface area contributed by atoms with Gasteiger partial charge in [0, 0.05) is 10.7 Å². The van der Waals surface area contributed by atoms with E-state index in [0.29, 0.717) is 11.1 Å². The largest absolute Gasteiger partial charge is 0.356 e. The van der Waals surface area contributed by atoms with Crippen LogP contribution in [0.4, 0.5) is 0 Å². The highest BCUT2D eigenvalue weighted by molar-refractivity contribution is 9.11. The molecule has 0 saturated heterocycles. The molecule has 0 N–H and O–H groups in total. The summed E-state index contributed by atoms with van der Waals surface area (Å²) in [6, 6.07) is 11.6. The van der Waals surface area contributed by atoms with Gasteiger partial charge in [0.2, 0.25) is 0 Å². The Morgan fingerprint density at radius 2 is 1.89 bits per heavy atom. The normalized spacial score (nSPS) is 10.6. The van der Waals surface area contributed by atoms with Crippen LogP contribution in [0.25, 0.3) is 0 Å². The van der Waals surface area contributed by atoms with Crippen molar-refractivity contribution >= 4 is 31.9 Å². The van der Waals surface area contributed by atoms with E-state index >= 15 is 0 Å². The number of halogens is 2. The Kier molecular flexibility index (Phi) is 4.74. The summed E-state index contributed by atoms with van der Waals surface area (Å²) in [5.41, 5.74) is 0.978. The molecule has 0 spiro atoms. The average Bonchev–Trinajstić information content (AvgIpc) is 2.36. The van der Waals surface area contributed by atoms with Crippen LogP contribution < -0.4 is 5.56 Å². The molecule has 0 atom stereocenters. The third-order valence-electron chi connectivity index (χ3n) is 2.35. The summed E-state index contributed by atoms with van der Waals surface area (Å²) in [5, 5.41) is 0. The summed E-state index contributed by atoms with van der Waals surface area (Å²) in [4.78, 5) is 11.8. The summed E-state index contributed by atoms with van der Waals surface area (Å²) < 4.78 is 8.37. The number of nitrogens with zero attached hydrogens (tertiary/aromatic N) is 1. The molecule has 1 aromatic carbocycles. The number of ether oxygens (including phenoxy) is 1. The third-order valence-corrected chi connectivity index (χ3v) is 3.35. The van der Waals surface area contributed by atoms with Gasteiger partial charge in [-0.25, -0.2) is 0 Å². The van der Waals surface area contributed by atoms with Gasteiger partial charge < -0.3 is 4.74 Å². The predicted octanol–water partition coefficient (Wildman–Crippen LogP) is 3.55. The fourth-order valence-corrected chi connectivity index (χ4v) is 2.75. The van der Waals surface area contributed by atoms with Crippen molar-refractivity contribution in [3.63, 3.8) is 0 Å². The molecule has 3 nitrogen and oxygen atoms in total. The zero-order valence-electron chi connectivity index (χ0n) is 9.48. The lowest BCUT2D eigenvalue weighted by Gasteiger charge is -2.08. The van der Waals surface area contributed by atoms with Crippen molar-refractivity contribution in [3.8, 4) is 0 Å². The van der Waals surface area contributed by atoms with Gasteiger partial charge in [0.05, 0.1) is 11.1 Å². The van der Waals surface area contributed by atoms with Crippen molar-refractivity contribution in [1.29, 1.82) is 0 Å². The second-order valence-corrected chi connectivity index (χ2v) is 5.51. The van der Waals surface area contributed by atoms with Crippen molar-refractivity contribution in [3.05, 3.63) is 67.5 Å². The molecule has 0 aliphatic carbocycles. The summed E-state index contributed by atoms with van der Waals surface area (Å²) in [7, 11) is 0. The lowest BCUT2D eigenvalue weighted by molar-refractivity contribution is 0.0615. The zero-order chi connectivity index (χ0) is 13.0. The molecule has 0 amide bonds. The fourth-order valence-electron chi connectivity index (χ4n) is 1.50. The molecule has 0 unspecified atom stereocenters. The molecule has 2 rings (SSSR count). The first-order valence-electron chi connectivity index (χ1n) is 5.34. The molecule has 94 valence electrons. The number of hydrogen-bond acceptors (Lipinski definition) is 2. The van der Waals surface area contributed by atoms with Gasteiger partial charge in [-0.3, -0.25) is 9.36 Å². The van der Waals surface area contributed by atoms with E-state index in [2.05, 4.69) is 31.9 Å². The van der Waals surface area contributed by atoms with Crippen LogP contribution in [0.1, 0.15) is 5.56 Å². The van der Waals surface area contributed by atoms with E-state index in [1.165, 1.54) is 4.57 Å². The van der Waals surface area contributed by atoms with Gasteiger partial charge in [-0.15, -0.1) is 0 Å². The summed E-state index contributed by atoms with van der Waals surface area (Å²) >= 11 is 6.55. The van der Waals surface area contributed by atoms with Crippen LogP contribution in [0.15, 0.2) is 56.3 Å². The molecule has 0 saturated carbocycles. The molecule has 0 aliphatic rings. The van der Waals surface area contributed by atoms with Gasteiger partial charge >= 0.3 is 0 Å². The fraction of sp³-hybridized carbons (Fsp3) is 0.154. The molecule has 0 fully saturated rings. The highest BCUT2D eigenvalue weighted by Gasteiger charge is 2.03. The van der Waals surface area contributed by atoms with E-state index < -0.39 is 0 Å². The number of hydrogen-bond donors (Lipinski definition) is 0. The maximum absolute atomic E-state index is 11.8. The first-order chi connectivity index (χ1) is 8.66.